The highest BCUT2D eigenvalue weighted by Gasteiger charge is 2.62. The van der Waals surface area contributed by atoms with E-state index in [1.807, 2.05) is 0 Å². The van der Waals surface area contributed by atoms with E-state index in [4.69, 9.17) is 0 Å². The van der Waals surface area contributed by atoms with Crippen LogP contribution in [0.3, 0.4) is 0 Å². The predicted octanol–water partition coefficient (Wildman–Crippen LogP) is 3.96. The molecule has 0 fully saturated rings. The maximum Gasteiger partial charge on any atom is 0.425 e. The zero-order valence-electron chi connectivity index (χ0n) is 8.05. The summed E-state index contributed by atoms with van der Waals surface area (Å²) < 4.78 is 73.8. The van der Waals surface area contributed by atoms with E-state index >= 15 is 0 Å². The van der Waals surface area contributed by atoms with Crippen LogP contribution >= 0.6 is 0 Å². The molecule has 0 N–H and O–H groups in total. The minimum absolute atomic E-state index is 0.240. The van der Waals surface area contributed by atoms with E-state index < -0.39 is 23.7 Å². The number of alkyl halides is 6. The standard InChI is InChI=1S/C8H12F6/c1-4-6(2,3)7(10,11)5(9)8(12,13)14/h5H,4H2,1-3H3. The van der Waals surface area contributed by atoms with Gasteiger partial charge in [0.1, 0.15) is 0 Å². The Morgan fingerprint density at radius 2 is 1.36 bits per heavy atom. The summed E-state index contributed by atoms with van der Waals surface area (Å²) in [5, 5.41) is 0. The summed E-state index contributed by atoms with van der Waals surface area (Å²) in [6.45, 7) is 3.10. The molecule has 6 heteroatoms. The predicted molar refractivity (Wildman–Crippen MR) is 40.0 cm³/mol. The second-order valence-electron chi connectivity index (χ2n) is 3.76. The third-order valence-electron chi connectivity index (χ3n) is 2.39. The van der Waals surface area contributed by atoms with Crippen molar-refractivity contribution in [2.24, 2.45) is 5.41 Å². The lowest BCUT2D eigenvalue weighted by molar-refractivity contribution is -0.272. The zero-order chi connectivity index (χ0) is 11.8. The molecule has 0 heterocycles. The maximum atomic E-state index is 13.0. The van der Waals surface area contributed by atoms with Gasteiger partial charge in [0, 0.05) is 5.41 Å². The highest BCUT2D eigenvalue weighted by molar-refractivity contribution is 4.93. The van der Waals surface area contributed by atoms with Gasteiger partial charge in [-0.1, -0.05) is 20.8 Å². The van der Waals surface area contributed by atoms with Crippen LogP contribution in [0, 0.1) is 5.41 Å². The number of halogens is 6. The van der Waals surface area contributed by atoms with E-state index in [0.717, 1.165) is 13.8 Å². The minimum Gasteiger partial charge on any atom is -0.231 e. The summed E-state index contributed by atoms with van der Waals surface area (Å²) in [6.07, 6.45) is -9.86. The average molecular weight is 222 g/mol. The maximum absolute atomic E-state index is 13.0. The van der Waals surface area contributed by atoms with Crippen molar-refractivity contribution in [2.75, 3.05) is 0 Å². The topological polar surface area (TPSA) is 0 Å². The molecule has 0 aliphatic rings. The summed E-state index contributed by atoms with van der Waals surface area (Å²) in [7, 11) is 0. The van der Waals surface area contributed by atoms with E-state index in [-0.39, 0.29) is 6.42 Å². The monoisotopic (exact) mass is 222 g/mol. The van der Waals surface area contributed by atoms with Gasteiger partial charge in [0.15, 0.2) is 0 Å². The van der Waals surface area contributed by atoms with Crippen LogP contribution in [0.5, 0.6) is 0 Å². The SMILES string of the molecule is CCC(C)(C)C(F)(F)C(F)C(F)(F)F. The van der Waals surface area contributed by atoms with Crippen LogP contribution in [0.2, 0.25) is 0 Å². The van der Waals surface area contributed by atoms with E-state index in [9.17, 15) is 26.3 Å². The van der Waals surface area contributed by atoms with Crippen LogP contribution in [0.1, 0.15) is 27.2 Å². The molecule has 0 aromatic heterocycles. The van der Waals surface area contributed by atoms with Gasteiger partial charge in [-0.15, -0.1) is 0 Å². The van der Waals surface area contributed by atoms with Crippen molar-refractivity contribution in [1.82, 2.24) is 0 Å². The molecule has 0 amide bonds. The fourth-order valence-corrected chi connectivity index (χ4v) is 0.784. The summed E-state index contributed by atoms with van der Waals surface area (Å²) >= 11 is 0. The molecule has 86 valence electrons. The van der Waals surface area contributed by atoms with Gasteiger partial charge in [0.2, 0.25) is 0 Å². The molecule has 0 saturated carbocycles. The van der Waals surface area contributed by atoms with Gasteiger partial charge in [0.05, 0.1) is 0 Å². The summed E-state index contributed by atoms with van der Waals surface area (Å²) in [5.74, 6) is -4.40. The Morgan fingerprint density at radius 3 is 1.57 bits per heavy atom. The molecule has 0 aromatic carbocycles. The number of rotatable bonds is 3. The average Bonchev–Trinajstić information content (AvgIpc) is 2.01. The normalized spacial score (nSPS) is 16.9. The second kappa shape index (κ2) is 3.62. The van der Waals surface area contributed by atoms with Crippen LogP contribution in [-0.2, 0) is 0 Å². The molecule has 0 rings (SSSR count). The van der Waals surface area contributed by atoms with Gasteiger partial charge in [-0.3, -0.25) is 0 Å². The third kappa shape index (κ3) is 2.33. The Hall–Kier alpha value is -0.420. The Bertz CT molecular complexity index is 192. The van der Waals surface area contributed by atoms with Crippen LogP contribution in [-0.4, -0.2) is 18.3 Å². The van der Waals surface area contributed by atoms with Crippen molar-refractivity contribution >= 4 is 0 Å². The van der Waals surface area contributed by atoms with E-state index in [1.165, 1.54) is 6.92 Å². The Kier molecular flexibility index (Phi) is 3.51. The largest absolute Gasteiger partial charge is 0.425 e. The molecular formula is C8H12F6. The molecule has 0 aliphatic heterocycles. The summed E-state index contributed by atoms with van der Waals surface area (Å²) in [4.78, 5) is 0. The van der Waals surface area contributed by atoms with Gasteiger partial charge in [-0.2, -0.15) is 13.2 Å². The van der Waals surface area contributed by atoms with E-state index in [0.29, 0.717) is 0 Å². The van der Waals surface area contributed by atoms with E-state index in [1.54, 1.807) is 0 Å². The van der Waals surface area contributed by atoms with Crippen LogP contribution in [0.25, 0.3) is 0 Å². The van der Waals surface area contributed by atoms with Gasteiger partial charge >= 0.3 is 6.18 Å². The first-order valence-corrected chi connectivity index (χ1v) is 4.05. The summed E-state index contributed by atoms with van der Waals surface area (Å²) in [5.41, 5.74) is -2.01. The quantitative estimate of drug-likeness (QED) is 0.634. The van der Waals surface area contributed by atoms with Gasteiger partial charge in [-0.05, 0) is 6.42 Å². The van der Waals surface area contributed by atoms with Crippen molar-refractivity contribution in [3.8, 4) is 0 Å². The van der Waals surface area contributed by atoms with Crippen LogP contribution < -0.4 is 0 Å². The molecule has 0 aliphatic carbocycles. The fraction of sp³-hybridized carbons (Fsp3) is 1.00. The van der Waals surface area contributed by atoms with Crippen LogP contribution in [0.4, 0.5) is 26.3 Å². The van der Waals surface area contributed by atoms with Crippen molar-refractivity contribution in [3.05, 3.63) is 0 Å². The Balaban J connectivity index is 4.96. The first kappa shape index (κ1) is 13.6. The molecule has 1 atom stereocenters. The zero-order valence-corrected chi connectivity index (χ0v) is 8.05. The number of hydrogen-bond donors (Lipinski definition) is 0. The van der Waals surface area contributed by atoms with Gasteiger partial charge in [0.25, 0.3) is 12.1 Å². The molecule has 0 aromatic rings. The third-order valence-corrected chi connectivity index (χ3v) is 2.39. The molecule has 0 saturated heterocycles. The van der Waals surface area contributed by atoms with Gasteiger partial charge < -0.3 is 0 Å². The number of hydrogen-bond acceptors (Lipinski definition) is 0. The second-order valence-corrected chi connectivity index (χ2v) is 3.76. The molecule has 0 radical (unpaired) electrons. The van der Waals surface area contributed by atoms with Crippen molar-refractivity contribution in [3.63, 3.8) is 0 Å². The molecule has 0 spiro atoms. The van der Waals surface area contributed by atoms with Gasteiger partial charge in [-0.25, -0.2) is 13.2 Å². The lowest BCUT2D eigenvalue weighted by Crippen LogP contribution is -2.50. The molecule has 1 unspecified atom stereocenters. The lowest BCUT2D eigenvalue weighted by Gasteiger charge is -2.35. The minimum atomic E-state index is -5.52. The van der Waals surface area contributed by atoms with Crippen LogP contribution in [0.15, 0.2) is 0 Å². The molecule has 0 nitrogen and oxygen atoms in total. The lowest BCUT2D eigenvalue weighted by atomic mass is 9.80. The molecule has 14 heavy (non-hydrogen) atoms. The van der Waals surface area contributed by atoms with Crippen molar-refractivity contribution in [1.29, 1.82) is 0 Å². The first-order chi connectivity index (χ1) is 5.97. The first-order valence-electron chi connectivity index (χ1n) is 4.05. The molecular weight excluding hydrogens is 210 g/mol. The Morgan fingerprint density at radius 1 is 1.00 bits per heavy atom. The van der Waals surface area contributed by atoms with Crippen molar-refractivity contribution < 1.29 is 26.3 Å². The highest BCUT2D eigenvalue weighted by atomic mass is 19.4. The smallest absolute Gasteiger partial charge is 0.231 e. The Labute approximate surface area is 78.3 Å². The summed E-state index contributed by atoms with van der Waals surface area (Å²) in [6, 6.07) is 0. The fourth-order valence-electron chi connectivity index (χ4n) is 0.784. The molecule has 0 bridgehead atoms. The van der Waals surface area contributed by atoms with E-state index in [2.05, 4.69) is 0 Å². The van der Waals surface area contributed by atoms with Crippen molar-refractivity contribution in [2.45, 2.75) is 45.5 Å². The highest BCUT2D eigenvalue weighted by Crippen LogP contribution is 2.47.